The molecular formula is C23H20F3N5O2. The van der Waals surface area contributed by atoms with Gasteiger partial charge in [0.2, 0.25) is 0 Å². The molecule has 1 amide bonds. The highest BCUT2D eigenvalue weighted by molar-refractivity contribution is 6.03. The summed E-state index contributed by atoms with van der Waals surface area (Å²) in [5.41, 5.74) is 1.60. The molecule has 2 N–H and O–H groups in total. The Kier molecular flexibility index (Phi) is 7.25. The predicted molar refractivity (Wildman–Crippen MR) is 117 cm³/mol. The number of ether oxygens (including phenoxy) is 1. The van der Waals surface area contributed by atoms with E-state index in [0.29, 0.717) is 47.4 Å². The number of methoxy groups -OCH3 is 1. The maximum absolute atomic E-state index is 12.9. The first-order valence-electron chi connectivity index (χ1n) is 9.81. The molecule has 3 aromatic rings. The maximum Gasteiger partial charge on any atom is 0.416 e. The number of alkyl halides is 3. The molecule has 0 fully saturated rings. The first-order chi connectivity index (χ1) is 15.7. The fourth-order valence-electron chi connectivity index (χ4n) is 3.05. The van der Waals surface area contributed by atoms with E-state index in [1.807, 2.05) is 6.92 Å². The number of anilines is 2. The van der Waals surface area contributed by atoms with Crippen LogP contribution in [0.4, 0.5) is 24.7 Å². The standard InChI is InChI=1S/C23H20F3N5O2/c1-14-3-4-18(31-22(32)20-10-17(5-6-28-20)23(24,25)26)11-19(14)16-9-15(12-27)21(30-13-16)29-7-8-33-2/h3-6,9-11,13H,7-8H2,1-2H3,(H,29,30)(H,31,32). The number of pyridine rings is 2. The molecule has 33 heavy (non-hydrogen) atoms. The van der Waals surface area contributed by atoms with Crippen LogP contribution in [0.3, 0.4) is 0 Å². The number of carbonyl (C=O) groups excluding carboxylic acids is 1. The van der Waals surface area contributed by atoms with Crippen molar-refractivity contribution in [3.63, 3.8) is 0 Å². The van der Waals surface area contributed by atoms with Crippen LogP contribution in [0.25, 0.3) is 11.1 Å². The number of hydrogen-bond acceptors (Lipinski definition) is 6. The number of benzene rings is 1. The van der Waals surface area contributed by atoms with Gasteiger partial charge in [-0.05, 0) is 48.4 Å². The van der Waals surface area contributed by atoms with Crippen LogP contribution in [0.2, 0.25) is 0 Å². The van der Waals surface area contributed by atoms with Crippen molar-refractivity contribution in [2.75, 3.05) is 30.9 Å². The van der Waals surface area contributed by atoms with Crippen molar-refractivity contribution in [2.45, 2.75) is 13.1 Å². The summed E-state index contributed by atoms with van der Waals surface area (Å²) < 4.78 is 43.7. The largest absolute Gasteiger partial charge is 0.416 e. The van der Waals surface area contributed by atoms with Crippen LogP contribution in [0.1, 0.15) is 27.2 Å². The van der Waals surface area contributed by atoms with Gasteiger partial charge in [-0.2, -0.15) is 18.4 Å². The number of amides is 1. The van der Waals surface area contributed by atoms with E-state index in [1.165, 1.54) is 0 Å². The molecule has 0 aliphatic rings. The highest BCUT2D eigenvalue weighted by Gasteiger charge is 2.31. The van der Waals surface area contributed by atoms with Gasteiger partial charge in [0.15, 0.2) is 0 Å². The third kappa shape index (κ3) is 5.84. The Bertz CT molecular complexity index is 1210. The fraction of sp³-hybridized carbons (Fsp3) is 0.217. The lowest BCUT2D eigenvalue weighted by Crippen LogP contribution is -2.15. The van der Waals surface area contributed by atoms with Crippen molar-refractivity contribution in [3.05, 3.63) is 71.2 Å². The molecule has 0 radical (unpaired) electrons. The molecule has 2 aromatic heterocycles. The molecule has 0 saturated carbocycles. The van der Waals surface area contributed by atoms with Crippen LogP contribution in [0.5, 0.6) is 0 Å². The van der Waals surface area contributed by atoms with Crippen LogP contribution in [0.15, 0.2) is 48.8 Å². The number of nitrogens with one attached hydrogen (secondary N) is 2. The van der Waals surface area contributed by atoms with E-state index in [1.54, 1.807) is 37.6 Å². The number of aryl methyl sites for hydroxylation is 1. The van der Waals surface area contributed by atoms with E-state index < -0.39 is 17.6 Å². The second-order valence-corrected chi connectivity index (χ2v) is 7.06. The normalized spacial score (nSPS) is 11.0. The Morgan fingerprint density at radius 2 is 1.97 bits per heavy atom. The Morgan fingerprint density at radius 1 is 1.18 bits per heavy atom. The monoisotopic (exact) mass is 455 g/mol. The van der Waals surface area contributed by atoms with Gasteiger partial charge in [0.25, 0.3) is 5.91 Å². The van der Waals surface area contributed by atoms with Crippen molar-refractivity contribution in [2.24, 2.45) is 0 Å². The van der Waals surface area contributed by atoms with Gasteiger partial charge in [0.1, 0.15) is 17.6 Å². The zero-order valence-corrected chi connectivity index (χ0v) is 17.8. The number of halogens is 3. The molecule has 0 atom stereocenters. The average molecular weight is 455 g/mol. The van der Waals surface area contributed by atoms with Crippen molar-refractivity contribution >= 4 is 17.4 Å². The Morgan fingerprint density at radius 3 is 2.67 bits per heavy atom. The summed E-state index contributed by atoms with van der Waals surface area (Å²) in [5, 5.41) is 15.1. The Hall–Kier alpha value is -3.97. The van der Waals surface area contributed by atoms with Gasteiger partial charge in [0.05, 0.1) is 17.7 Å². The molecular weight excluding hydrogens is 435 g/mol. The highest BCUT2D eigenvalue weighted by Crippen LogP contribution is 2.30. The van der Waals surface area contributed by atoms with Crippen LogP contribution in [-0.4, -0.2) is 36.1 Å². The first-order valence-corrected chi connectivity index (χ1v) is 9.81. The van der Waals surface area contributed by atoms with Gasteiger partial charge in [-0.1, -0.05) is 6.07 Å². The van der Waals surface area contributed by atoms with Crippen LogP contribution < -0.4 is 10.6 Å². The van der Waals surface area contributed by atoms with Gasteiger partial charge in [-0.15, -0.1) is 0 Å². The quantitative estimate of drug-likeness (QED) is 0.503. The van der Waals surface area contributed by atoms with E-state index in [2.05, 4.69) is 26.7 Å². The molecule has 0 aliphatic heterocycles. The highest BCUT2D eigenvalue weighted by atomic mass is 19.4. The number of aromatic nitrogens is 2. The lowest BCUT2D eigenvalue weighted by Gasteiger charge is -2.13. The third-order valence-electron chi connectivity index (χ3n) is 4.73. The van der Waals surface area contributed by atoms with E-state index in [4.69, 9.17) is 4.74 Å². The molecule has 0 saturated heterocycles. The summed E-state index contributed by atoms with van der Waals surface area (Å²) in [6.07, 6.45) is -2.04. The summed E-state index contributed by atoms with van der Waals surface area (Å²) in [6, 6.07) is 10.3. The van der Waals surface area contributed by atoms with Gasteiger partial charge >= 0.3 is 6.18 Å². The van der Waals surface area contributed by atoms with E-state index in [-0.39, 0.29) is 5.69 Å². The number of rotatable bonds is 7. The molecule has 1 aromatic carbocycles. The van der Waals surface area contributed by atoms with Gasteiger partial charge in [-0.3, -0.25) is 9.78 Å². The number of hydrogen-bond donors (Lipinski definition) is 2. The zero-order chi connectivity index (χ0) is 24.0. The van der Waals surface area contributed by atoms with E-state index in [0.717, 1.165) is 17.8 Å². The topological polar surface area (TPSA) is 99.9 Å². The minimum Gasteiger partial charge on any atom is -0.383 e. The molecule has 0 spiro atoms. The van der Waals surface area contributed by atoms with Crippen molar-refractivity contribution in [1.82, 2.24) is 9.97 Å². The van der Waals surface area contributed by atoms with Gasteiger partial charge in [0, 0.05) is 37.3 Å². The van der Waals surface area contributed by atoms with Gasteiger partial charge in [-0.25, -0.2) is 4.98 Å². The van der Waals surface area contributed by atoms with Crippen LogP contribution in [-0.2, 0) is 10.9 Å². The zero-order valence-electron chi connectivity index (χ0n) is 17.8. The third-order valence-corrected chi connectivity index (χ3v) is 4.73. The molecule has 2 heterocycles. The van der Waals surface area contributed by atoms with Gasteiger partial charge < -0.3 is 15.4 Å². The molecule has 0 bridgehead atoms. The lowest BCUT2D eigenvalue weighted by molar-refractivity contribution is -0.137. The number of nitriles is 1. The smallest absolute Gasteiger partial charge is 0.383 e. The van der Waals surface area contributed by atoms with E-state index in [9.17, 15) is 23.2 Å². The summed E-state index contributed by atoms with van der Waals surface area (Å²) in [5.74, 6) is -0.347. The number of nitrogens with zero attached hydrogens (tertiary/aromatic N) is 3. The minimum absolute atomic E-state index is 0.339. The summed E-state index contributed by atoms with van der Waals surface area (Å²) in [6.45, 7) is 2.80. The summed E-state index contributed by atoms with van der Waals surface area (Å²) >= 11 is 0. The fourth-order valence-corrected chi connectivity index (χ4v) is 3.05. The van der Waals surface area contributed by atoms with Crippen LogP contribution in [0, 0.1) is 18.3 Å². The molecule has 0 unspecified atom stereocenters. The maximum atomic E-state index is 12.9. The SMILES string of the molecule is COCCNc1ncc(-c2cc(NC(=O)c3cc(C(F)(F)F)ccn3)ccc2C)cc1C#N. The molecule has 170 valence electrons. The predicted octanol–water partition coefficient (Wildman–Crippen LogP) is 4.65. The Labute approximate surface area is 188 Å². The van der Waals surface area contributed by atoms with E-state index >= 15 is 0 Å². The van der Waals surface area contributed by atoms with Crippen molar-refractivity contribution in [3.8, 4) is 17.2 Å². The second kappa shape index (κ2) is 10.1. The number of carbonyl (C=O) groups is 1. The molecule has 0 aliphatic carbocycles. The second-order valence-electron chi connectivity index (χ2n) is 7.06. The van der Waals surface area contributed by atoms with Crippen molar-refractivity contribution in [1.29, 1.82) is 5.26 Å². The van der Waals surface area contributed by atoms with Crippen LogP contribution >= 0.6 is 0 Å². The average Bonchev–Trinajstić information content (AvgIpc) is 2.80. The molecule has 10 heteroatoms. The Balaban J connectivity index is 1.86. The lowest BCUT2D eigenvalue weighted by atomic mass is 10.00. The molecule has 3 rings (SSSR count). The molecule has 7 nitrogen and oxygen atoms in total. The first kappa shape index (κ1) is 23.7. The summed E-state index contributed by atoms with van der Waals surface area (Å²) in [7, 11) is 1.57. The minimum atomic E-state index is -4.58. The summed E-state index contributed by atoms with van der Waals surface area (Å²) in [4.78, 5) is 20.5. The van der Waals surface area contributed by atoms with Crippen molar-refractivity contribution < 1.29 is 22.7 Å².